The molecule has 0 saturated heterocycles. The van der Waals surface area contributed by atoms with Gasteiger partial charge in [-0.25, -0.2) is 0 Å². The molecule has 0 aromatic rings. The second-order valence-corrected chi connectivity index (χ2v) is 11.2. The fourth-order valence-electron chi connectivity index (χ4n) is 8.43. The van der Waals surface area contributed by atoms with Gasteiger partial charge >= 0.3 is 0 Å². The van der Waals surface area contributed by atoms with Gasteiger partial charge in [0.25, 0.3) is 0 Å². The number of hydrogen-bond donors (Lipinski definition) is 3. The minimum Gasteiger partial charge on any atom is -0.396 e. The molecule has 4 rings (SSSR count). The lowest BCUT2D eigenvalue weighted by molar-refractivity contribution is -0.164. The van der Waals surface area contributed by atoms with Crippen LogP contribution in [0.4, 0.5) is 0 Å². The van der Waals surface area contributed by atoms with Gasteiger partial charge in [0.05, 0.1) is 17.9 Å². The molecule has 5 heteroatoms. The summed E-state index contributed by atoms with van der Waals surface area (Å²) in [7, 11) is 1.96. The highest BCUT2D eigenvalue weighted by molar-refractivity contribution is 5.87. The molecule has 4 fully saturated rings. The van der Waals surface area contributed by atoms with Crippen molar-refractivity contribution in [2.45, 2.75) is 90.8 Å². The monoisotopic (exact) mass is 420 g/mol. The summed E-state index contributed by atoms with van der Waals surface area (Å²) in [6, 6.07) is 0. The maximum absolute atomic E-state index is 11.5. The zero-order valence-electron chi connectivity index (χ0n) is 19.6. The van der Waals surface area contributed by atoms with Crippen molar-refractivity contribution < 1.29 is 15.1 Å². The lowest BCUT2D eigenvalue weighted by Gasteiger charge is -2.63. The van der Waals surface area contributed by atoms with Gasteiger partial charge in [-0.2, -0.15) is 0 Å². The molecule has 4 aliphatic rings. The zero-order chi connectivity index (χ0) is 21.5. The van der Waals surface area contributed by atoms with E-state index in [4.69, 9.17) is 4.84 Å². The third kappa shape index (κ3) is 3.53. The van der Waals surface area contributed by atoms with Crippen molar-refractivity contribution in [1.82, 2.24) is 5.32 Å². The smallest absolute Gasteiger partial charge is 0.118 e. The summed E-state index contributed by atoms with van der Waals surface area (Å²) in [5.74, 6) is 2.41. The SMILES string of the molecule is CC[C@H]1/C(=N/OCCCNC)CC[C@@]2(C)C1[C@H](O)C[C@H]1[C@@H]3CC[C@H](O)[C@@]3(C)CC[C@@H]12. The third-order valence-electron chi connectivity index (χ3n) is 9.99. The van der Waals surface area contributed by atoms with Crippen LogP contribution in [-0.4, -0.2) is 48.3 Å². The van der Waals surface area contributed by atoms with Crippen LogP contribution in [0.25, 0.3) is 0 Å². The van der Waals surface area contributed by atoms with E-state index in [-0.39, 0.29) is 29.0 Å². The van der Waals surface area contributed by atoms with Crippen molar-refractivity contribution in [1.29, 1.82) is 0 Å². The number of aliphatic hydroxyl groups excluding tert-OH is 2. The van der Waals surface area contributed by atoms with Crippen molar-refractivity contribution >= 4 is 5.71 Å². The second-order valence-electron chi connectivity index (χ2n) is 11.2. The first-order valence-corrected chi connectivity index (χ1v) is 12.6. The molecular weight excluding hydrogens is 376 g/mol. The number of aliphatic hydroxyl groups is 2. The molecule has 4 saturated carbocycles. The highest BCUT2D eigenvalue weighted by Crippen LogP contribution is 2.66. The van der Waals surface area contributed by atoms with Gasteiger partial charge in [-0.05, 0) is 106 Å². The van der Waals surface area contributed by atoms with E-state index in [9.17, 15) is 10.2 Å². The van der Waals surface area contributed by atoms with E-state index < -0.39 is 0 Å². The van der Waals surface area contributed by atoms with E-state index in [1.807, 2.05) is 7.05 Å². The fraction of sp³-hybridized carbons (Fsp3) is 0.960. The summed E-state index contributed by atoms with van der Waals surface area (Å²) >= 11 is 0. The van der Waals surface area contributed by atoms with E-state index in [0.717, 1.165) is 57.9 Å². The molecule has 172 valence electrons. The van der Waals surface area contributed by atoms with Crippen molar-refractivity contribution in [3.8, 4) is 0 Å². The van der Waals surface area contributed by atoms with Crippen LogP contribution in [0.2, 0.25) is 0 Å². The average molecular weight is 421 g/mol. The molecule has 0 spiro atoms. The predicted octanol–water partition coefficient (Wildman–Crippen LogP) is 3.98. The van der Waals surface area contributed by atoms with Gasteiger partial charge in [-0.3, -0.25) is 0 Å². The Balaban J connectivity index is 1.54. The summed E-state index contributed by atoms with van der Waals surface area (Å²) in [5.41, 5.74) is 1.42. The summed E-state index contributed by atoms with van der Waals surface area (Å²) in [5, 5.41) is 29.9. The molecule has 0 bridgehead atoms. The predicted molar refractivity (Wildman–Crippen MR) is 120 cm³/mol. The highest BCUT2D eigenvalue weighted by Gasteiger charge is 2.63. The molecule has 0 heterocycles. The Morgan fingerprint density at radius 2 is 1.87 bits per heavy atom. The molecule has 5 nitrogen and oxygen atoms in total. The van der Waals surface area contributed by atoms with Crippen molar-refractivity contribution in [2.24, 2.45) is 45.6 Å². The minimum atomic E-state index is -0.268. The molecule has 0 aromatic heterocycles. The quantitative estimate of drug-likeness (QED) is 0.449. The van der Waals surface area contributed by atoms with Crippen LogP contribution in [0, 0.1) is 40.4 Å². The van der Waals surface area contributed by atoms with E-state index in [0.29, 0.717) is 30.3 Å². The zero-order valence-corrected chi connectivity index (χ0v) is 19.6. The van der Waals surface area contributed by atoms with Gasteiger partial charge in [-0.1, -0.05) is 25.9 Å². The third-order valence-corrected chi connectivity index (χ3v) is 9.99. The van der Waals surface area contributed by atoms with Gasteiger partial charge in [0.1, 0.15) is 6.61 Å². The number of rotatable bonds is 6. The van der Waals surface area contributed by atoms with E-state index in [1.54, 1.807) is 0 Å². The maximum atomic E-state index is 11.5. The number of fused-ring (bicyclic) bond motifs is 5. The first-order chi connectivity index (χ1) is 14.4. The van der Waals surface area contributed by atoms with Crippen molar-refractivity contribution in [3.63, 3.8) is 0 Å². The fourth-order valence-corrected chi connectivity index (χ4v) is 8.43. The number of nitrogens with zero attached hydrogens (tertiary/aromatic N) is 1. The molecule has 0 radical (unpaired) electrons. The molecule has 0 amide bonds. The highest BCUT2D eigenvalue weighted by atomic mass is 16.6. The van der Waals surface area contributed by atoms with Gasteiger partial charge in [0.2, 0.25) is 0 Å². The van der Waals surface area contributed by atoms with Crippen LogP contribution in [0.15, 0.2) is 5.16 Å². The summed E-state index contributed by atoms with van der Waals surface area (Å²) in [6.45, 7) is 8.63. The van der Waals surface area contributed by atoms with Crippen LogP contribution in [-0.2, 0) is 4.84 Å². The van der Waals surface area contributed by atoms with Crippen LogP contribution in [0.5, 0.6) is 0 Å². The summed E-state index contributed by atoms with van der Waals surface area (Å²) < 4.78 is 0. The van der Waals surface area contributed by atoms with Crippen LogP contribution in [0.1, 0.15) is 78.6 Å². The molecule has 1 unspecified atom stereocenters. The largest absolute Gasteiger partial charge is 0.396 e. The van der Waals surface area contributed by atoms with Crippen LogP contribution in [0.3, 0.4) is 0 Å². The van der Waals surface area contributed by atoms with E-state index >= 15 is 0 Å². The second kappa shape index (κ2) is 8.71. The maximum Gasteiger partial charge on any atom is 0.118 e. The molecule has 30 heavy (non-hydrogen) atoms. The van der Waals surface area contributed by atoms with Crippen LogP contribution >= 0.6 is 0 Å². The average Bonchev–Trinajstić information content (AvgIpc) is 3.03. The van der Waals surface area contributed by atoms with Gasteiger partial charge in [-0.15, -0.1) is 0 Å². The Kier molecular flexibility index (Phi) is 6.54. The molecule has 0 aromatic carbocycles. The lowest BCUT2D eigenvalue weighted by Crippen LogP contribution is -2.60. The Hall–Kier alpha value is -0.650. The lowest BCUT2D eigenvalue weighted by atomic mass is 9.43. The first-order valence-electron chi connectivity index (χ1n) is 12.6. The Bertz CT molecular complexity index is 640. The Morgan fingerprint density at radius 3 is 2.60 bits per heavy atom. The van der Waals surface area contributed by atoms with Crippen molar-refractivity contribution in [3.05, 3.63) is 0 Å². The molecule has 9 atom stereocenters. The van der Waals surface area contributed by atoms with Crippen LogP contribution < -0.4 is 5.32 Å². The topological polar surface area (TPSA) is 74.1 Å². The van der Waals surface area contributed by atoms with Gasteiger partial charge in [0, 0.05) is 5.92 Å². The number of hydrogen-bond acceptors (Lipinski definition) is 5. The summed E-state index contributed by atoms with van der Waals surface area (Å²) in [6.07, 6.45) is 9.01. The number of oxime groups is 1. The molecule has 4 aliphatic carbocycles. The molecular formula is C25H44N2O3. The standard InChI is InChI=1S/C25H44N2O3/c1-5-16-20(27-30-14-6-13-26-4)10-12-25(3)19-9-11-24(2)18(7-8-22(24)29)17(19)15-21(28)23(16)25/h16-19,21-23,26,28-29H,5-15H2,1-4H3/b27-20+/t16-,17-,18-,19-,21+,22-,23?,24-,25+/m0/s1. The van der Waals surface area contributed by atoms with Crippen molar-refractivity contribution in [2.75, 3.05) is 20.2 Å². The molecule has 3 N–H and O–H groups in total. The Labute approximate surface area is 183 Å². The molecule has 0 aliphatic heterocycles. The van der Waals surface area contributed by atoms with E-state index in [1.165, 1.54) is 12.1 Å². The Morgan fingerprint density at radius 1 is 1.10 bits per heavy atom. The normalized spacial score (nSPS) is 49.4. The first kappa shape index (κ1) is 22.5. The van der Waals surface area contributed by atoms with Gasteiger partial charge in [0.15, 0.2) is 0 Å². The minimum absolute atomic E-state index is 0.0662. The number of nitrogens with one attached hydrogen (secondary N) is 1. The van der Waals surface area contributed by atoms with E-state index in [2.05, 4.69) is 31.2 Å². The summed E-state index contributed by atoms with van der Waals surface area (Å²) in [4.78, 5) is 5.68. The van der Waals surface area contributed by atoms with Gasteiger partial charge < -0.3 is 20.4 Å².